The number of rotatable bonds is 2. The van der Waals surface area contributed by atoms with Gasteiger partial charge in [-0.15, -0.1) is 0 Å². The first-order valence-corrected chi connectivity index (χ1v) is 6.10. The summed E-state index contributed by atoms with van der Waals surface area (Å²) in [6, 6.07) is 8.52. The molecule has 1 atom stereocenters. The summed E-state index contributed by atoms with van der Waals surface area (Å²) in [6.07, 6.45) is 0. The van der Waals surface area contributed by atoms with Crippen LogP contribution in [0.3, 0.4) is 0 Å². The third-order valence-electron chi connectivity index (χ3n) is 2.98. The maximum Gasteiger partial charge on any atom is 0.344 e. The van der Waals surface area contributed by atoms with E-state index in [0.29, 0.717) is 5.56 Å². The van der Waals surface area contributed by atoms with Crippen LogP contribution in [0.4, 0.5) is 4.79 Å². The van der Waals surface area contributed by atoms with E-state index in [1.54, 1.807) is 26.1 Å². The molecule has 0 unspecified atom stereocenters. The van der Waals surface area contributed by atoms with Gasteiger partial charge < -0.3 is 10.6 Å². The summed E-state index contributed by atoms with van der Waals surface area (Å²) in [4.78, 5) is 24.3. The van der Waals surface area contributed by atoms with E-state index in [-0.39, 0.29) is 5.11 Å². The van der Waals surface area contributed by atoms with Crippen LogP contribution in [0, 0.1) is 0 Å². The van der Waals surface area contributed by atoms with Gasteiger partial charge in [-0.2, -0.15) is 5.01 Å². The molecular formula is C12H14N4O2S. The van der Waals surface area contributed by atoms with Crippen molar-refractivity contribution >= 4 is 29.3 Å². The molecule has 0 spiro atoms. The number of imide groups is 1. The van der Waals surface area contributed by atoms with Crippen molar-refractivity contribution in [1.82, 2.24) is 21.1 Å². The van der Waals surface area contributed by atoms with Gasteiger partial charge in [-0.05, 0) is 24.7 Å². The number of thiocarbonyl (C=S) groups is 1. The van der Waals surface area contributed by atoms with E-state index in [2.05, 4.69) is 16.1 Å². The van der Waals surface area contributed by atoms with Crippen LogP contribution in [0.1, 0.15) is 12.5 Å². The van der Waals surface area contributed by atoms with Crippen LogP contribution in [-0.4, -0.2) is 29.1 Å². The average Bonchev–Trinajstić information content (AvgIpc) is 2.64. The Kier molecular flexibility index (Phi) is 3.39. The first kappa shape index (κ1) is 13.3. The Morgan fingerprint density at radius 1 is 1.32 bits per heavy atom. The Balaban J connectivity index is 2.29. The van der Waals surface area contributed by atoms with Gasteiger partial charge >= 0.3 is 6.03 Å². The van der Waals surface area contributed by atoms with Crippen LogP contribution in [-0.2, 0) is 10.3 Å². The zero-order valence-corrected chi connectivity index (χ0v) is 11.4. The van der Waals surface area contributed by atoms with Gasteiger partial charge in [-0.3, -0.25) is 10.2 Å². The monoisotopic (exact) mass is 278 g/mol. The molecule has 0 aromatic heterocycles. The van der Waals surface area contributed by atoms with Gasteiger partial charge in [0.1, 0.15) is 5.54 Å². The number of carbonyl (C=O) groups excluding carboxylic acids is 2. The quantitative estimate of drug-likeness (QED) is 0.541. The molecule has 1 aromatic rings. The van der Waals surface area contributed by atoms with E-state index in [4.69, 9.17) is 12.2 Å². The number of hydrogen-bond donors (Lipinski definition) is 3. The predicted molar refractivity (Wildman–Crippen MR) is 74.0 cm³/mol. The molecule has 1 aliphatic rings. The number of hydrazine groups is 1. The lowest BCUT2D eigenvalue weighted by Crippen LogP contribution is -2.50. The van der Waals surface area contributed by atoms with E-state index in [0.717, 1.165) is 5.01 Å². The van der Waals surface area contributed by atoms with Crippen molar-refractivity contribution in [3.63, 3.8) is 0 Å². The number of urea groups is 1. The number of nitrogens with zero attached hydrogens (tertiary/aromatic N) is 1. The highest BCUT2D eigenvalue weighted by Gasteiger charge is 2.49. The Morgan fingerprint density at radius 2 is 1.95 bits per heavy atom. The molecular weight excluding hydrogens is 264 g/mol. The average molecular weight is 278 g/mol. The Bertz CT molecular complexity index is 534. The number of amides is 3. The minimum atomic E-state index is -1.09. The van der Waals surface area contributed by atoms with E-state index in [1.807, 2.05) is 18.2 Å². The van der Waals surface area contributed by atoms with E-state index < -0.39 is 17.5 Å². The second-order valence-corrected chi connectivity index (χ2v) is 4.66. The molecule has 1 fully saturated rings. The Labute approximate surface area is 116 Å². The maximum atomic E-state index is 12.4. The van der Waals surface area contributed by atoms with Crippen molar-refractivity contribution in [1.29, 1.82) is 0 Å². The highest BCUT2D eigenvalue weighted by Crippen LogP contribution is 2.27. The summed E-state index contributed by atoms with van der Waals surface area (Å²) in [5.74, 6) is -0.402. The van der Waals surface area contributed by atoms with Gasteiger partial charge in [0.25, 0.3) is 5.91 Å². The lowest BCUT2D eigenvalue weighted by Gasteiger charge is -2.22. The van der Waals surface area contributed by atoms with E-state index in [1.165, 1.54) is 0 Å². The lowest BCUT2D eigenvalue weighted by atomic mass is 9.92. The Morgan fingerprint density at radius 3 is 2.53 bits per heavy atom. The van der Waals surface area contributed by atoms with Crippen LogP contribution in [0.2, 0.25) is 0 Å². The molecule has 0 bridgehead atoms. The van der Waals surface area contributed by atoms with Gasteiger partial charge in [-0.25, -0.2) is 4.79 Å². The van der Waals surface area contributed by atoms with Crippen molar-refractivity contribution < 1.29 is 9.59 Å². The van der Waals surface area contributed by atoms with E-state index in [9.17, 15) is 9.59 Å². The van der Waals surface area contributed by atoms with Gasteiger partial charge in [0.05, 0.1) is 0 Å². The summed E-state index contributed by atoms with van der Waals surface area (Å²) >= 11 is 4.89. The number of benzene rings is 1. The summed E-state index contributed by atoms with van der Waals surface area (Å²) in [5, 5.41) is 6.39. The molecule has 1 aromatic carbocycles. The number of carbonyl (C=O) groups is 2. The smallest absolute Gasteiger partial charge is 0.344 e. The second-order valence-electron chi connectivity index (χ2n) is 4.25. The summed E-state index contributed by atoms with van der Waals surface area (Å²) in [5.41, 5.74) is 2.17. The normalized spacial score (nSPS) is 22.1. The minimum absolute atomic E-state index is 0.195. The highest BCUT2D eigenvalue weighted by atomic mass is 32.1. The maximum absolute atomic E-state index is 12.4. The minimum Gasteiger partial charge on any atom is -0.364 e. The third-order valence-corrected chi connectivity index (χ3v) is 3.28. The molecule has 1 heterocycles. The fourth-order valence-electron chi connectivity index (χ4n) is 1.87. The Hall–Kier alpha value is -2.15. The number of nitrogens with one attached hydrogen (secondary N) is 3. The van der Waals surface area contributed by atoms with Gasteiger partial charge in [-0.1, -0.05) is 30.3 Å². The van der Waals surface area contributed by atoms with Crippen LogP contribution in [0.15, 0.2) is 30.3 Å². The van der Waals surface area contributed by atoms with E-state index >= 15 is 0 Å². The van der Waals surface area contributed by atoms with Crippen LogP contribution in [0.5, 0.6) is 0 Å². The molecule has 6 nitrogen and oxygen atoms in total. The standard InChI is InChI=1S/C12H14N4O2S/c1-12(8-6-4-3-5-7-8)9(17)16(11(18)14-12)15-10(19)13-2/h3-7H,1-2H3,(H,14,18)(H2,13,15,19)/t12-/m0/s1. The largest absolute Gasteiger partial charge is 0.364 e. The second kappa shape index (κ2) is 4.85. The molecule has 1 aliphatic heterocycles. The van der Waals surface area contributed by atoms with Gasteiger partial charge in [0, 0.05) is 7.05 Å². The topological polar surface area (TPSA) is 73.5 Å². The molecule has 2 rings (SSSR count). The van der Waals surface area contributed by atoms with Crippen molar-refractivity contribution in [2.75, 3.05) is 7.05 Å². The van der Waals surface area contributed by atoms with Crippen molar-refractivity contribution in [3.05, 3.63) is 35.9 Å². The summed E-state index contributed by atoms with van der Waals surface area (Å²) in [7, 11) is 1.60. The predicted octanol–water partition coefficient (Wildman–Crippen LogP) is 0.462. The molecule has 0 aliphatic carbocycles. The van der Waals surface area contributed by atoms with Gasteiger partial charge in [0.2, 0.25) is 0 Å². The van der Waals surface area contributed by atoms with Crippen LogP contribution < -0.4 is 16.1 Å². The summed E-state index contributed by atoms with van der Waals surface area (Å²) in [6.45, 7) is 1.66. The molecule has 0 radical (unpaired) electrons. The number of hydrogen-bond acceptors (Lipinski definition) is 3. The van der Waals surface area contributed by atoms with Crippen molar-refractivity contribution in [2.24, 2.45) is 0 Å². The molecule has 7 heteroatoms. The molecule has 3 amide bonds. The molecule has 100 valence electrons. The first-order chi connectivity index (χ1) is 8.99. The zero-order valence-electron chi connectivity index (χ0n) is 10.6. The molecule has 3 N–H and O–H groups in total. The molecule has 0 saturated carbocycles. The van der Waals surface area contributed by atoms with Crippen LogP contribution in [0.25, 0.3) is 0 Å². The molecule has 1 saturated heterocycles. The SMILES string of the molecule is CNC(=S)NN1C(=O)N[C@@](C)(c2ccccc2)C1=O. The highest BCUT2D eigenvalue weighted by molar-refractivity contribution is 7.80. The first-order valence-electron chi connectivity index (χ1n) is 5.69. The third kappa shape index (κ3) is 2.24. The van der Waals surface area contributed by atoms with Crippen LogP contribution >= 0.6 is 12.2 Å². The van der Waals surface area contributed by atoms with Gasteiger partial charge in [0.15, 0.2) is 5.11 Å². The zero-order chi connectivity index (χ0) is 14.0. The fraction of sp³-hybridized carbons (Fsp3) is 0.250. The fourth-order valence-corrected chi connectivity index (χ4v) is 1.96. The van der Waals surface area contributed by atoms with Crippen molar-refractivity contribution in [3.8, 4) is 0 Å². The molecule has 19 heavy (non-hydrogen) atoms. The summed E-state index contributed by atoms with van der Waals surface area (Å²) < 4.78 is 0. The van der Waals surface area contributed by atoms with Crippen molar-refractivity contribution in [2.45, 2.75) is 12.5 Å². The lowest BCUT2D eigenvalue weighted by molar-refractivity contribution is -0.132.